The maximum absolute atomic E-state index is 12.5. The standard InChI is InChI=1S/C25H28N6O2/c1-26-25(33)19-6-5-16(13-27-19)31-10-9-30(21-7-8-22(21)31)14-15-11-20-23(28-12-15)17-3-2-4-18(17)24(32)29-20/h5-6,11-13,21-22H,2-4,7-10,14H2,1H3,(H,26,33)(H,29,32)/t21-,22-/m0/s1. The molecule has 0 bridgehead atoms. The van der Waals surface area contributed by atoms with E-state index in [4.69, 9.17) is 4.98 Å². The molecule has 0 spiro atoms. The third-order valence-corrected chi connectivity index (χ3v) is 7.59. The van der Waals surface area contributed by atoms with E-state index in [2.05, 4.69) is 31.2 Å². The van der Waals surface area contributed by atoms with E-state index in [0.29, 0.717) is 17.8 Å². The Morgan fingerprint density at radius 1 is 1.12 bits per heavy atom. The van der Waals surface area contributed by atoms with Crippen LogP contribution in [0.2, 0.25) is 0 Å². The molecule has 1 aliphatic heterocycles. The van der Waals surface area contributed by atoms with Crippen LogP contribution < -0.4 is 15.8 Å². The molecule has 0 unspecified atom stereocenters. The molecule has 33 heavy (non-hydrogen) atoms. The Balaban J connectivity index is 1.19. The lowest BCUT2D eigenvalue weighted by Crippen LogP contribution is -2.64. The molecule has 1 saturated heterocycles. The summed E-state index contributed by atoms with van der Waals surface area (Å²) < 4.78 is 0. The van der Waals surface area contributed by atoms with Crippen LogP contribution in [0.3, 0.4) is 0 Å². The van der Waals surface area contributed by atoms with Gasteiger partial charge in [0.1, 0.15) is 5.69 Å². The molecule has 3 aliphatic rings. The van der Waals surface area contributed by atoms with Crippen molar-refractivity contribution >= 4 is 22.6 Å². The summed E-state index contributed by atoms with van der Waals surface area (Å²) in [6.07, 6.45) is 9.00. The van der Waals surface area contributed by atoms with Crippen LogP contribution >= 0.6 is 0 Å². The van der Waals surface area contributed by atoms with E-state index < -0.39 is 0 Å². The van der Waals surface area contributed by atoms with Crippen molar-refractivity contribution in [1.82, 2.24) is 25.2 Å². The molecule has 1 saturated carbocycles. The molecule has 3 aromatic rings. The number of carbonyl (C=O) groups excluding carboxylic acids is 1. The van der Waals surface area contributed by atoms with Crippen molar-refractivity contribution in [2.75, 3.05) is 25.0 Å². The molecule has 170 valence electrons. The molecule has 4 heterocycles. The first-order chi connectivity index (χ1) is 16.1. The lowest BCUT2D eigenvalue weighted by Gasteiger charge is -2.54. The van der Waals surface area contributed by atoms with E-state index in [9.17, 15) is 9.59 Å². The van der Waals surface area contributed by atoms with E-state index in [0.717, 1.165) is 78.7 Å². The Labute approximate surface area is 192 Å². The molecular formula is C25H28N6O2. The van der Waals surface area contributed by atoms with Crippen LogP contribution in [-0.2, 0) is 19.4 Å². The van der Waals surface area contributed by atoms with Crippen LogP contribution in [0.4, 0.5) is 5.69 Å². The molecule has 2 atom stereocenters. The molecule has 8 nitrogen and oxygen atoms in total. The van der Waals surface area contributed by atoms with Gasteiger partial charge in [0.05, 0.1) is 22.9 Å². The third-order valence-electron chi connectivity index (χ3n) is 7.59. The number of fused-ring (bicyclic) bond motifs is 4. The quantitative estimate of drug-likeness (QED) is 0.640. The fraction of sp³-hybridized carbons (Fsp3) is 0.440. The summed E-state index contributed by atoms with van der Waals surface area (Å²) in [6, 6.07) is 6.87. The van der Waals surface area contributed by atoms with Gasteiger partial charge in [0.15, 0.2) is 0 Å². The average Bonchev–Trinajstić information content (AvgIpc) is 3.30. The fourth-order valence-corrected chi connectivity index (χ4v) is 5.78. The molecule has 8 heteroatoms. The summed E-state index contributed by atoms with van der Waals surface area (Å²) in [4.78, 5) is 41.4. The second-order valence-corrected chi connectivity index (χ2v) is 9.36. The number of aromatic nitrogens is 3. The second kappa shape index (κ2) is 7.95. The number of H-pyrrole nitrogens is 1. The Bertz CT molecular complexity index is 1280. The van der Waals surface area contributed by atoms with Crippen LogP contribution in [0.1, 0.15) is 46.4 Å². The van der Waals surface area contributed by atoms with E-state index in [1.165, 1.54) is 6.42 Å². The summed E-state index contributed by atoms with van der Waals surface area (Å²) in [5.74, 6) is -0.164. The van der Waals surface area contributed by atoms with Gasteiger partial charge in [-0.1, -0.05) is 0 Å². The van der Waals surface area contributed by atoms with E-state index in [-0.39, 0.29) is 11.5 Å². The molecule has 3 aromatic heterocycles. The maximum atomic E-state index is 12.5. The van der Waals surface area contributed by atoms with Crippen LogP contribution in [-0.4, -0.2) is 58.0 Å². The Morgan fingerprint density at radius 2 is 1.97 bits per heavy atom. The third kappa shape index (κ3) is 3.40. The van der Waals surface area contributed by atoms with Crippen molar-refractivity contribution in [3.05, 3.63) is 63.3 Å². The van der Waals surface area contributed by atoms with E-state index in [1.807, 2.05) is 18.5 Å². The Kier molecular flexibility index (Phi) is 4.90. The molecule has 2 fully saturated rings. The maximum Gasteiger partial charge on any atom is 0.269 e. The van der Waals surface area contributed by atoms with Gasteiger partial charge >= 0.3 is 0 Å². The molecule has 6 rings (SSSR count). The highest BCUT2D eigenvalue weighted by Crippen LogP contribution is 2.37. The molecule has 0 radical (unpaired) electrons. The normalized spacial score (nSPS) is 22.0. The number of anilines is 1. The van der Waals surface area contributed by atoms with Crippen molar-refractivity contribution in [2.45, 2.75) is 50.7 Å². The SMILES string of the molecule is CNC(=O)c1ccc(N2CCN(Cc3cnc4c5c(c(=O)[nH]c4c3)CCC5)[C@H]3CC[C@@H]32)cn1. The van der Waals surface area contributed by atoms with Crippen LogP contribution in [0.15, 0.2) is 35.4 Å². The van der Waals surface area contributed by atoms with Crippen molar-refractivity contribution in [3.63, 3.8) is 0 Å². The molecule has 1 amide bonds. The number of hydrogen-bond acceptors (Lipinski definition) is 6. The van der Waals surface area contributed by atoms with Crippen molar-refractivity contribution in [1.29, 1.82) is 0 Å². The first-order valence-electron chi connectivity index (χ1n) is 11.8. The summed E-state index contributed by atoms with van der Waals surface area (Å²) >= 11 is 0. The van der Waals surface area contributed by atoms with Gasteiger partial charge in [0, 0.05) is 50.5 Å². The van der Waals surface area contributed by atoms with Crippen molar-refractivity contribution in [2.24, 2.45) is 0 Å². The summed E-state index contributed by atoms with van der Waals surface area (Å²) in [5, 5.41) is 2.62. The number of hydrogen-bond donors (Lipinski definition) is 2. The number of aromatic amines is 1. The minimum absolute atomic E-state index is 0.0534. The number of carbonyl (C=O) groups is 1. The predicted molar refractivity (Wildman–Crippen MR) is 127 cm³/mol. The zero-order valence-electron chi connectivity index (χ0n) is 18.8. The van der Waals surface area contributed by atoms with Gasteiger partial charge in [-0.2, -0.15) is 0 Å². The van der Waals surface area contributed by atoms with Crippen LogP contribution in [0.5, 0.6) is 0 Å². The van der Waals surface area contributed by atoms with Gasteiger partial charge in [-0.25, -0.2) is 4.98 Å². The summed E-state index contributed by atoms with van der Waals surface area (Å²) in [7, 11) is 1.62. The van der Waals surface area contributed by atoms with Gasteiger partial charge < -0.3 is 15.2 Å². The minimum atomic E-state index is -0.164. The van der Waals surface area contributed by atoms with Crippen molar-refractivity contribution < 1.29 is 4.79 Å². The molecule has 2 aliphatic carbocycles. The average molecular weight is 445 g/mol. The van der Waals surface area contributed by atoms with Gasteiger partial charge in [-0.3, -0.25) is 19.5 Å². The Hall–Kier alpha value is -3.26. The summed E-state index contributed by atoms with van der Waals surface area (Å²) in [5.41, 5.74) is 6.62. The summed E-state index contributed by atoms with van der Waals surface area (Å²) in [6.45, 7) is 2.72. The number of nitrogens with one attached hydrogen (secondary N) is 2. The topological polar surface area (TPSA) is 94.2 Å². The Morgan fingerprint density at radius 3 is 2.73 bits per heavy atom. The molecule has 2 N–H and O–H groups in total. The second-order valence-electron chi connectivity index (χ2n) is 9.36. The number of rotatable bonds is 4. The fourth-order valence-electron chi connectivity index (χ4n) is 5.78. The predicted octanol–water partition coefficient (Wildman–Crippen LogP) is 2.02. The minimum Gasteiger partial charge on any atom is -0.364 e. The lowest BCUT2D eigenvalue weighted by atomic mass is 9.81. The number of piperazine rings is 1. The number of pyridine rings is 3. The lowest BCUT2D eigenvalue weighted by molar-refractivity contribution is 0.0658. The zero-order chi connectivity index (χ0) is 22.5. The largest absolute Gasteiger partial charge is 0.364 e. The highest BCUT2D eigenvalue weighted by molar-refractivity contribution is 5.92. The highest BCUT2D eigenvalue weighted by Gasteiger charge is 2.43. The van der Waals surface area contributed by atoms with Gasteiger partial charge in [0.2, 0.25) is 0 Å². The molecule has 0 aromatic carbocycles. The smallest absolute Gasteiger partial charge is 0.269 e. The molecular weight excluding hydrogens is 416 g/mol. The number of nitrogens with zero attached hydrogens (tertiary/aromatic N) is 4. The number of amides is 1. The monoisotopic (exact) mass is 444 g/mol. The number of aryl methyl sites for hydroxylation is 1. The zero-order valence-corrected chi connectivity index (χ0v) is 18.8. The van der Waals surface area contributed by atoms with Gasteiger partial charge in [0.25, 0.3) is 11.5 Å². The van der Waals surface area contributed by atoms with Gasteiger partial charge in [-0.15, -0.1) is 0 Å². The van der Waals surface area contributed by atoms with Gasteiger partial charge in [-0.05, 0) is 61.4 Å². The van der Waals surface area contributed by atoms with Crippen molar-refractivity contribution in [3.8, 4) is 0 Å². The van der Waals surface area contributed by atoms with E-state index in [1.54, 1.807) is 13.1 Å². The first kappa shape index (κ1) is 20.4. The van der Waals surface area contributed by atoms with Crippen LogP contribution in [0, 0.1) is 0 Å². The van der Waals surface area contributed by atoms with Crippen LogP contribution in [0.25, 0.3) is 11.0 Å². The van der Waals surface area contributed by atoms with E-state index >= 15 is 0 Å². The first-order valence-corrected chi connectivity index (χ1v) is 11.8. The highest BCUT2D eigenvalue weighted by atomic mass is 16.1.